The smallest absolute Gasteiger partial charge is 0.259 e. The molecule has 4 rings (SSSR count). The Labute approximate surface area is 179 Å². The number of aromatic nitrogens is 3. The van der Waals surface area contributed by atoms with E-state index < -0.39 is 11.7 Å². The van der Waals surface area contributed by atoms with Gasteiger partial charge in [0.15, 0.2) is 0 Å². The van der Waals surface area contributed by atoms with Crippen LogP contribution in [0.5, 0.6) is 0 Å². The van der Waals surface area contributed by atoms with Crippen LogP contribution in [0.2, 0.25) is 0 Å². The highest BCUT2D eigenvalue weighted by Crippen LogP contribution is 2.23. The van der Waals surface area contributed by atoms with E-state index in [-0.39, 0.29) is 30.4 Å². The summed E-state index contributed by atoms with van der Waals surface area (Å²) in [5.41, 5.74) is 2.93. The van der Waals surface area contributed by atoms with Gasteiger partial charge in [-0.05, 0) is 42.0 Å². The first-order valence-corrected chi connectivity index (χ1v) is 8.27. The molecular weight excluding hydrogens is 414 g/mol. The first kappa shape index (κ1) is 22.1. The molecule has 148 valence electrons. The number of halogens is 3. The Kier molecular flexibility index (Phi) is 7.09. The van der Waals surface area contributed by atoms with Gasteiger partial charge in [0.25, 0.3) is 5.91 Å². The molecule has 0 radical (unpaired) electrons. The van der Waals surface area contributed by atoms with Crippen molar-refractivity contribution >= 4 is 48.3 Å². The van der Waals surface area contributed by atoms with Crippen LogP contribution in [0.15, 0.2) is 73.7 Å². The van der Waals surface area contributed by atoms with Crippen LogP contribution in [0.3, 0.4) is 0 Å². The minimum Gasteiger partial charge on any atom is -0.306 e. The number of imidazole rings is 1. The van der Waals surface area contributed by atoms with Gasteiger partial charge in [0, 0.05) is 18.0 Å². The van der Waals surface area contributed by atoms with Crippen molar-refractivity contribution in [1.29, 1.82) is 0 Å². The van der Waals surface area contributed by atoms with Gasteiger partial charge in [-0.2, -0.15) is 0 Å². The zero-order valence-electron chi connectivity index (χ0n) is 15.1. The fourth-order valence-electron chi connectivity index (χ4n) is 2.79. The quantitative estimate of drug-likeness (QED) is 0.479. The normalized spacial score (nSPS) is 9.97. The molecule has 0 atom stereocenters. The van der Waals surface area contributed by atoms with Gasteiger partial charge >= 0.3 is 0 Å². The number of anilines is 1. The van der Waals surface area contributed by atoms with Crippen molar-refractivity contribution in [2.45, 2.75) is 0 Å². The molecule has 0 aliphatic heterocycles. The molecule has 1 aromatic carbocycles. The van der Waals surface area contributed by atoms with E-state index >= 15 is 0 Å². The topological polar surface area (TPSA) is 59.3 Å². The molecule has 0 saturated carbocycles. The van der Waals surface area contributed by atoms with E-state index in [9.17, 15) is 9.18 Å². The zero-order chi connectivity index (χ0) is 18.8. The highest BCUT2D eigenvalue weighted by atomic mass is 35.5. The van der Waals surface area contributed by atoms with E-state index in [0.717, 1.165) is 16.9 Å². The summed E-state index contributed by atoms with van der Waals surface area (Å²) in [6.45, 7) is 3.65. The van der Waals surface area contributed by atoms with Crippen molar-refractivity contribution < 1.29 is 9.18 Å². The molecule has 3 heterocycles. The van der Waals surface area contributed by atoms with Gasteiger partial charge in [0.2, 0.25) is 0 Å². The maximum atomic E-state index is 14.6. The molecule has 29 heavy (non-hydrogen) atoms. The van der Waals surface area contributed by atoms with Crippen LogP contribution in [0.25, 0.3) is 23.0 Å². The second kappa shape index (κ2) is 9.32. The monoisotopic (exact) mass is 430 g/mol. The summed E-state index contributed by atoms with van der Waals surface area (Å²) in [5.74, 6) is -0.828. The van der Waals surface area contributed by atoms with Crippen LogP contribution in [0, 0.1) is 5.82 Å². The van der Waals surface area contributed by atoms with Gasteiger partial charge in [0.05, 0.1) is 17.5 Å². The molecule has 3 aromatic heterocycles. The number of carbonyl (C=O) groups is 1. The lowest BCUT2D eigenvalue weighted by Crippen LogP contribution is -2.14. The average molecular weight is 431 g/mol. The summed E-state index contributed by atoms with van der Waals surface area (Å²) < 4.78 is 16.5. The maximum Gasteiger partial charge on any atom is 0.259 e. The van der Waals surface area contributed by atoms with E-state index in [0.29, 0.717) is 11.4 Å². The van der Waals surface area contributed by atoms with E-state index in [1.165, 1.54) is 12.1 Å². The highest BCUT2D eigenvalue weighted by Gasteiger charge is 2.15. The largest absolute Gasteiger partial charge is 0.306 e. The van der Waals surface area contributed by atoms with Crippen LogP contribution >= 0.6 is 24.8 Å². The first-order chi connectivity index (χ1) is 13.2. The average Bonchev–Trinajstić information content (AvgIpc) is 3.12. The number of hydrogen-bond acceptors (Lipinski definition) is 3. The third-order valence-corrected chi connectivity index (χ3v) is 4.19. The Hall–Kier alpha value is -3.22. The first-order valence-electron chi connectivity index (χ1n) is 8.27. The SMILES string of the molecule is C=Cc1ccc(NC(=O)c2ccc(-c3cnc4ccccn34)cc2F)nc1.Cl.Cl. The van der Waals surface area contributed by atoms with Crippen molar-refractivity contribution in [3.63, 3.8) is 0 Å². The Morgan fingerprint density at radius 3 is 2.59 bits per heavy atom. The van der Waals surface area contributed by atoms with Crippen LogP contribution in [0.1, 0.15) is 15.9 Å². The van der Waals surface area contributed by atoms with E-state index in [4.69, 9.17) is 0 Å². The number of amides is 1. The van der Waals surface area contributed by atoms with Crippen LogP contribution < -0.4 is 5.32 Å². The number of fused-ring (bicyclic) bond motifs is 1. The summed E-state index contributed by atoms with van der Waals surface area (Å²) in [6, 6.07) is 13.5. The number of carbonyl (C=O) groups excluding carboxylic acids is 1. The molecular formula is C21H17Cl2FN4O. The minimum absolute atomic E-state index is 0. The Balaban J connectivity index is 0.00000150. The maximum absolute atomic E-state index is 14.6. The lowest BCUT2D eigenvalue weighted by atomic mass is 10.1. The second-order valence-electron chi connectivity index (χ2n) is 5.90. The number of nitrogens with zero attached hydrogens (tertiary/aromatic N) is 3. The molecule has 4 aromatic rings. The van der Waals surface area contributed by atoms with Crippen LogP contribution in [-0.4, -0.2) is 20.3 Å². The molecule has 1 amide bonds. The van der Waals surface area contributed by atoms with Gasteiger partial charge in [-0.1, -0.05) is 24.8 Å². The fraction of sp³-hybridized carbons (Fsp3) is 0. The van der Waals surface area contributed by atoms with Crippen molar-refractivity contribution in [2.75, 3.05) is 5.32 Å². The number of rotatable bonds is 4. The van der Waals surface area contributed by atoms with Gasteiger partial charge < -0.3 is 5.32 Å². The zero-order valence-corrected chi connectivity index (χ0v) is 16.7. The van der Waals surface area contributed by atoms with Gasteiger partial charge in [-0.25, -0.2) is 14.4 Å². The number of hydrogen-bond donors (Lipinski definition) is 1. The highest BCUT2D eigenvalue weighted by molar-refractivity contribution is 6.04. The molecule has 5 nitrogen and oxygen atoms in total. The Morgan fingerprint density at radius 2 is 1.90 bits per heavy atom. The number of pyridine rings is 2. The minimum atomic E-state index is -0.612. The summed E-state index contributed by atoms with van der Waals surface area (Å²) in [7, 11) is 0. The predicted molar refractivity (Wildman–Crippen MR) is 117 cm³/mol. The third kappa shape index (κ3) is 4.45. The Bertz CT molecular complexity index is 1160. The lowest BCUT2D eigenvalue weighted by molar-refractivity contribution is 0.102. The van der Waals surface area contributed by atoms with E-state index in [1.807, 2.05) is 28.8 Å². The third-order valence-electron chi connectivity index (χ3n) is 4.19. The van der Waals surface area contributed by atoms with Crippen molar-refractivity contribution in [1.82, 2.24) is 14.4 Å². The van der Waals surface area contributed by atoms with Gasteiger partial charge in [-0.3, -0.25) is 9.20 Å². The molecule has 0 saturated heterocycles. The van der Waals surface area contributed by atoms with Crippen LogP contribution in [-0.2, 0) is 0 Å². The van der Waals surface area contributed by atoms with Crippen molar-refractivity contribution in [3.8, 4) is 11.3 Å². The summed E-state index contributed by atoms with van der Waals surface area (Å²) in [5, 5.41) is 2.59. The summed E-state index contributed by atoms with van der Waals surface area (Å²) in [6.07, 6.45) is 6.76. The molecule has 0 fully saturated rings. The summed E-state index contributed by atoms with van der Waals surface area (Å²) >= 11 is 0. The molecule has 0 unspecified atom stereocenters. The van der Waals surface area contributed by atoms with Crippen molar-refractivity contribution in [2.24, 2.45) is 0 Å². The van der Waals surface area contributed by atoms with Crippen LogP contribution in [0.4, 0.5) is 10.2 Å². The second-order valence-corrected chi connectivity index (χ2v) is 5.90. The van der Waals surface area contributed by atoms with E-state index in [1.54, 1.807) is 36.7 Å². The number of nitrogens with one attached hydrogen (secondary N) is 1. The predicted octanol–water partition coefficient (Wildman–Crippen LogP) is 5.27. The molecule has 0 spiro atoms. The molecule has 0 aliphatic carbocycles. The lowest BCUT2D eigenvalue weighted by Gasteiger charge is -2.08. The van der Waals surface area contributed by atoms with E-state index in [2.05, 4.69) is 21.9 Å². The Morgan fingerprint density at radius 1 is 1.07 bits per heavy atom. The van der Waals surface area contributed by atoms with Gasteiger partial charge in [-0.15, -0.1) is 24.8 Å². The van der Waals surface area contributed by atoms with Gasteiger partial charge in [0.1, 0.15) is 17.3 Å². The van der Waals surface area contributed by atoms with Crippen molar-refractivity contribution in [3.05, 3.63) is 90.6 Å². The standard InChI is InChI=1S/C21H15FN4O.2ClH/c1-2-14-6-9-19(23-12-14)25-21(27)16-8-7-15(11-17(16)22)18-13-24-20-5-3-4-10-26(18)20;;/h2-13H,1H2,(H,23,25,27);2*1H. The number of benzene rings is 1. The molecule has 8 heteroatoms. The summed E-state index contributed by atoms with van der Waals surface area (Å²) in [4.78, 5) is 20.8. The molecule has 1 N–H and O–H groups in total. The molecule has 0 bridgehead atoms. The fourth-order valence-corrected chi connectivity index (χ4v) is 2.79. The molecule has 0 aliphatic rings.